The number of hydrogen-bond acceptors (Lipinski definition) is 2. The first-order valence-corrected chi connectivity index (χ1v) is 7.88. The van der Waals surface area contributed by atoms with E-state index in [1.165, 1.54) is 0 Å². The topological polar surface area (TPSA) is 26.0 Å². The lowest BCUT2D eigenvalue weighted by molar-refractivity contribution is 0.886. The Kier molecular flexibility index (Phi) is 3.63. The highest BCUT2D eigenvalue weighted by Gasteiger charge is 2.14. The van der Waals surface area contributed by atoms with Crippen LogP contribution in [0.2, 0.25) is 5.02 Å². The van der Waals surface area contributed by atoms with Crippen LogP contribution in [0.1, 0.15) is 17.2 Å². The third kappa shape index (κ3) is 2.43. The van der Waals surface area contributed by atoms with Gasteiger partial charge in [-0.15, -0.1) is 11.3 Å². The van der Waals surface area contributed by atoms with Gasteiger partial charge in [-0.2, -0.15) is 0 Å². The molecular formula is C15H11BrClNS. The second-order valence-electron chi connectivity index (χ2n) is 4.34. The van der Waals surface area contributed by atoms with E-state index in [1.807, 2.05) is 30.3 Å². The van der Waals surface area contributed by atoms with E-state index in [2.05, 4.69) is 33.4 Å². The van der Waals surface area contributed by atoms with E-state index >= 15 is 0 Å². The number of halogens is 2. The summed E-state index contributed by atoms with van der Waals surface area (Å²) in [5.41, 5.74) is 8.61. The predicted molar refractivity (Wildman–Crippen MR) is 87.0 cm³/mol. The van der Waals surface area contributed by atoms with E-state index < -0.39 is 0 Å². The van der Waals surface area contributed by atoms with E-state index in [4.69, 9.17) is 17.3 Å². The number of hydrogen-bond donors (Lipinski definition) is 1. The second-order valence-corrected chi connectivity index (χ2v) is 7.04. The summed E-state index contributed by atoms with van der Waals surface area (Å²) in [6.45, 7) is 0. The van der Waals surface area contributed by atoms with E-state index in [0.717, 1.165) is 30.7 Å². The first-order chi connectivity index (χ1) is 9.16. The molecule has 0 aliphatic carbocycles. The van der Waals surface area contributed by atoms with Crippen LogP contribution in [-0.4, -0.2) is 0 Å². The van der Waals surface area contributed by atoms with Crippen LogP contribution in [-0.2, 0) is 0 Å². The van der Waals surface area contributed by atoms with Gasteiger partial charge in [0.1, 0.15) is 0 Å². The fourth-order valence-corrected chi connectivity index (χ4v) is 3.66. The lowest BCUT2D eigenvalue weighted by Gasteiger charge is -2.14. The Bertz CT molecular complexity index is 738. The van der Waals surface area contributed by atoms with Gasteiger partial charge >= 0.3 is 0 Å². The average Bonchev–Trinajstić information content (AvgIpc) is 2.86. The summed E-state index contributed by atoms with van der Waals surface area (Å²) in [7, 11) is 0. The summed E-state index contributed by atoms with van der Waals surface area (Å²) in [4.78, 5) is 0. The van der Waals surface area contributed by atoms with Crippen molar-refractivity contribution in [3.05, 3.63) is 67.8 Å². The van der Waals surface area contributed by atoms with Crippen LogP contribution < -0.4 is 5.73 Å². The Labute approximate surface area is 129 Å². The summed E-state index contributed by atoms with van der Waals surface area (Å²) in [5.74, 6) is 0. The third-order valence-corrected chi connectivity index (χ3v) is 5.04. The minimum Gasteiger partial charge on any atom is -0.320 e. The molecule has 0 radical (unpaired) electrons. The van der Waals surface area contributed by atoms with Gasteiger partial charge in [0.15, 0.2) is 0 Å². The molecule has 0 saturated heterocycles. The maximum absolute atomic E-state index is 6.39. The minimum absolute atomic E-state index is 0.135. The molecule has 1 nitrogen and oxygen atoms in total. The summed E-state index contributed by atoms with van der Waals surface area (Å²) in [6, 6.07) is 14.0. The van der Waals surface area contributed by atoms with Crippen LogP contribution in [0.15, 0.2) is 51.6 Å². The number of benzene rings is 2. The Balaban J connectivity index is 2.18. The zero-order valence-electron chi connectivity index (χ0n) is 9.94. The first kappa shape index (κ1) is 13.1. The van der Waals surface area contributed by atoms with Gasteiger partial charge in [-0.05, 0) is 50.0 Å². The Morgan fingerprint density at radius 3 is 2.53 bits per heavy atom. The molecule has 0 aliphatic heterocycles. The monoisotopic (exact) mass is 351 g/mol. The molecular weight excluding hydrogens is 342 g/mol. The van der Waals surface area contributed by atoms with Crippen molar-refractivity contribution in [2.24, 2.45) is 5.73 Å². The fraction of sp³-hybridized carbons (Fsp3) is 0.0667. The van der Waals surface area contributed by atoms with Crippen LogP contribution in [0.4, 0.5) is 0 Å². The summed E-state index contributed by atoms with van der Waals surface area (Å²) >= 11 is 11.4. The van der Waals surface area contributed by atoms with Crippen molar-refractivity contribution >= 4 is 49.6 Å². The first-order valence-electron chi connectivity index (χ1n) is 5.83. The number of nitrogens with two attached hydrogens (primary N) is 1. The van der Waals surface area contributed by atoms with Crippen molar-refractivity contribution in [2.75, 3.05) is 0 Å². The molecule has 1 heterocycles. The molecule has 3 rings (SSSR count). The molecule has 0 spiro atoms. The van der Waals surface area contributed by atoms with Crippen molar-refractivity contribution in [3.63, 3.8) is 0 Å². The second kappa shape index (κ2) is 5.25. The highest BCUT2D eigenvalue weighted by Crippen LogP contribution is 2.33. The number of thiophene rings is 1. The van der Waals surface area contributed by atoms with Gasteiger partial charge in [-0.3, -0.25) is 0 Å². The van der Waals surface area contributed by atoms with E-state index in [1.54, 1.807) is 11.3 Å². The third-order valence-electron chi connectivity index (χ3n) is 3.19. The molecule has 0 fully saturated rings. The van der Waals surface area contributed by atoms with Gasteiger partial charge in [0, 0.05) is 10.4 Å². The van der Waals surface area contributed by atoms with Crippen LogP contribution in [0, 0.1) is 0 Å². The molecule has 2 aromatic carbocycles. The molecule has 2 N–H and O–H groups in total. The van der Waals surface area contributed by atoms with Gasteiger partial charge in [-0.25, -0.2) is 0 Å². The number of fused-ring (bicyclic) bond motifs is 1. The summed E-state index contributed by atoms with van der Waals surface area (Å²) in [5, 5.41) is 5.01. The quantitative estimate of drug-likeness (QED) is 0.659. The minimum atomic E-state index is -0.135. The smallest absolute Gasteiger partial charge is 0.0701 e. The largest absolute Gasteiger partial charge is 0.320 e. The zero-order chi connectivity index (χ0) is 13.4. The average molecular weight is 353 g/mol. The molecule has 0 saturated carbocycles. The molecule has 0 amide bonds. The van der Waals surface area contributed by atoms with Crippen LogP contribution in [0.5, 0.6) is 0 Å². The van der Waals surface area contributed by atoms with E-state index in [-0.39, 0.29) is 6.04 Å². The van der Waals surface area contributed by atoms with Gasteiger partial charge in [0.2, 0.25) is 0 Å². The Morgan fingerprint density at radius 2 is 1.84 bits per heavy atom. The molecule has 0 aliphatic rings. The normalized spacial score (nSPS) is 12.8. The van der Waals surface area contributed by atoms with Gasteiger partial charge < -0.3 is 5.73 Å². The molecule has 19 heavy (non-hydrogen) atoms. The fourth-order valence-electron chi connectivity index (χ4n) is 2.22. The predicted octanol–water partition coefficient (Wildman–Crippen LogP) is 5.37. The lowest BCUT2D eigenvalue weighted by atomic mass is 9.96. The molecule has 96 valence electrons. The summed E-state index contributed by atoms with van der Waals surface area (Å²) < 4.78 is 1.09. The Morgan fingerprint density at radius 1 is 1.11 bits per heavy atom. The SMILES string of the molecule is NC(c1csc(Br)c1)c1ccc(Cl)c2ccccc12. The Hall–Kier alpha value is -0.870. The molecule has 3 aromatic rings. The van der Waals surface area contributed by atoms with Gasteiger partial charge in [-0.1, -0.05) is 41.9 Å². The van der Waals surface area contributed by atoms with Crippen molar-refractivity contribution in [2.45, 2.75) is 6.04 Å². The van der Waals surface area contributed by atoms with Crippen molar-refractivity contribution in [3.8, 4) is 0 Å². The van der Waals surface area contributed by atoms with E-state index in [9.17, 15) is 0 Å². The lowest BCUT2D eigenvalue weighted by Crippen LogP contribution is -2.11. The standard InChI is InChI=1S/C15H11BrClNS/c16-14-7-9(8-19-14)15(18)12-5-6-13(17)11-4-2-1-3-10(11)12/h1-8,15H,18H2. The molecule has 0 bridgehead atoms. The highest BCUT2D eigenvalue weighted by molar-refractivity contribution is 9.11. The highest BCUT2D eigenvalue weighted by atomic mass is 79.9. The van der Waals surface area contributed by atoms with Crippen molar-refractivity contribution in [1.29, 1.82) is 0 Å². The van der Waals surface area contributed by atoms with E-state index in [0.29, 0.717) is 0 Å². The molecule has 1 unspecified atom stereocenters. The van der Waals surface area contributed by atoms with Crippen LogP contribution in [0.3, 0.4) is 0 Å². The van der Waals surface area contributed by atoms with Crippen molar-refractivity contribution in [1.82, 2.24) is 0 Å². The molecule has 4 heteroatoms. The van der Waals surface area contributed by atoms with Crippen LogP contribution in [0.25, 0.3) is 10.8 Å². The maximum atomic E-state index is 6.39. The summed E-state index contributed by atoms with van der Waals surface area (Å²) in [6.07, 6.45) is 0. The molecule has 1 atom stereocenters. The van der Waals surface area contributed by atoms with Crippen LogP contribution >= 0.6 is 38.9 Å². The zero-order valence-corrected chi connectivity index (χ0v) is 13.1. The van der Waals surface area contributed by atoms with Gasteiger partial charge in [0.05, 0.1) is 9.83 Å². The van der Waals surface area contributed by atoms with Gasteiger partial charge in [0.25, 0.3) is 0 Å². The number of rotatable bonds is 2. The maximum Gasteiger partial charge on any atom is 0.0701 e. The molecule has 1 aromatic heterocycles. The van der Waals surface area contributed by atoms with Crippen molar-refractivity contribution < 1.29 is 0 Å².